The molecule has 1 nitrogen and oxygen atoms in total. The van der Waals surface area contributed by atoms with Crippen molar-refractivity contribution in [2.75, 3.05) is 6.54 Å². The molecule has 0 spiro atoms. The van der Waals surface area contributed by atoms with E-state index in [4.69, 9.17) is 23.2 Å². The van der Waals surface area contributed by atoms with E-state index in [0.29, 0.717) is 18.5 Å². The summed E-state index contributed by atoms with van der Waals surface area (Å²) >= 11 is 11.7. The summed E-state index contributed by atoms with van der Waals surface area (Å²) in [5.41, 5.74) is 1.43. The number of hydrogen-bond donors (Lipinski definition) is 1. The Hall–Kier alpha value is -1.16. The van der Waals surface area contributed by atoms with Crippen LogP contribution in [0.25, 0.3) is 0 Å². The van der Waals surface area contributed by atoms with Gasteiger partial charge in [0, 0.05) is 6.04 Å². The van der Waals surface area contributed by atoms with Crippen LogP contribution in [-0.2, 0) is 6.42 Å². The zero-order valence-corrected chi connectivity index (χ0v) is 13.0. The van der Waals surface area contributed by atoms with Crippen LogP contribution in [0.1, 0.15) is 24.1 Å². The molecule has 1 unspecified atom stereocenters. The molecule has 2 aromatic carbocycles. The highest BCUT2D eigenvalue weighted by Crippen LogP contribution is 2.27. The lowest BCUT2D eigenvalue weighted by atomic mass is 9.98. The Morgan fingerprint density at radius 3 is 2.52 bits per heavy atom. The Kier molecular flexibility index (Phi) is 5.57. The van der Waals surface area contributed by atoms with Crippen molar-refractivity contribution < 1.29 is 8.78 Å². The smallest absolute Gasteiger partial charge is 0.142 e. The molecule has 0 radical (unpaired) electrons. The van der Waals surface area contributed by atoms with Crippen molar-refractivity contribution in [3.05, 3.63) is 69.2 Å². The van der Waals surface area contributed by atoms with E-state index in [1.165, 1.54) is 18.2 Å². The lowest BCUT2D eigenvalue weighted by Crippen LogP contribution is -2.23. The van der Waals surface area contributed by atoms with Crippen molar-refractivity contribution in [1.82, 2.24) is 5.32 Å². The molecule has 0 aromatic heterocycles. The average molecular weight is 330 g/mol. The molecular weight excluding hydrogens is 315 g/mol. The summed E-state index contributed by atoms with van der Waals surface area (Å²) in [6.07, 6.45) is 0.464. The predicted octanol–water partition coefficient (Wildman–Crippen LogP) is 5.16. The van der Waals surface area contributed by atoms with Crippen LogP contribution in [0.5, 0.6) is 0 Å². The van der Waals surface area contributed by atoms with Gasteiger partial charge in [-0.15, -0.1) is 0 Å². The second kappa shape index (κ2) is 7.21. The first kappa shape index (κ1) is 16.2. The molecule has 112 valence electrons. The minimum absolute atomic E-state index is 0.0813. The van der Waals surface area contributed by atoms with Crippen molar-refractivity contribution in [3.63, 3.8) is 0 Å². The summed E-state index contributed by atoms with van der Waals surface area (Å²) < 4.78 is 27.1. The summed E-state index contributed by atoms with van der Waals surface area (Å²) in [5.74, 6) is -0.922. The van der Waals surface area contributed by atoms with Gasteiger partial charge in [-0.2, -0.15) is 0 Å². The highest BCUT2D eigenvalue weighted by atomic mass is 35.5. The first-order valence-corrected chi connectivity index (χ1v) is 7.39. The summed E-state index contributed by atoms with van der Waals surface area (Å²) in [4.78, 5) is 0. The monoisotopic (exact) mass is 329 g/mol. The fraction of sp³-hybridized carbons (Fsp3) is 0.250. The van der Waals surface area contributed by atoms with E-state index < -0.39 is 11.6 Å². The predicted molar refractivity (Wildman–Crippen MR) is 82.9 cm³/mol. The fourth-order valence-electron chi connectivity index (χ4n) is 2.21. The topological polar surface area (TPSA) is 12.0 Å². The normalized spacial score (nSPS) is 12.4. The van der Waals surface area contributed by atoms with Gasteiger partial charge < -0.3 is 5.32 Å². The van der Waals surface area contributed by atoms with Crippen LogP contribution < -0.4 is 5.32 Å². The lowest BCUT2D eigenvalue weighted by Gasteiger charge is -2.19. The van der Waals surface area contributed by atoms with Crippen LogP contribution in [0.4, 0.5) is 8.78 Å². The molecular formula is C16H15Cl2F2N. The van der Waals surface area contributed by atoms with Gasteiger partial charge in [-0.25, -0.2) is 8.78 Å². The maximum atomic E-state index is 13.6. The van der Waals surface area contributed by atoms with Gasteiger partial charge in [-0.3, -0.25) is 0 Å². The van der Waals surface area contributed by atoms with Crippen molar-refractivity contribution in [1.29, 1.82) is 0 Å². The quantitative estimate of drug-likeness (QED) is 0.798. The van der Waals surface area contributed by atoms with Gasteiger partial charge in [-0.05, 0) is 42.3 Å². The third kappa shape index (κ3) is 3.94. The first-order chi connectivity index (χ1) is 10.0. The summed E-state index contributed by atoms with van der Waals surface area (Å²) in [5, 5.41) is 3.44. The number of rotatable bonds is 5. The Balaban J connectivity index is 2.30. The van der Waals surface area contributed by atoms with E-state index >= 15 is 0 Å². The van der Waals surface area contributed by atoms with Crippen LogP contribution in [0.15, 0.2) is 36.4 Å². The van der Waals surface area contributed by atoms with Crippen molar-refractivity contribution >= 4 is 23.2 Å². The van der Waals surface area contributed by atoms with E-state index in [9.17, 15) is 8.78 Å². The van der Waals surface area contributed by atoms with Crippen LogP contribution >= 0.6 is 23.2 Å². The third-order valence-corrected chi connectivity index (χ3v) is 3.98. The number of likely N-dealkylation sites (N-methyl/N-ethyl adjacent to an activating group) is 1. The van der Waals surface area contributed by atoms with E-state index in [0.717, 1.165) is 5.56 Å². The molecule has 0 saturated carbocycles. The molecule has 2 aromatic rings. The largest absolute Gasteiger partial charge is 0.310 e. The Bertz CT molecular complexity index is 632. The SMILES string of the molecule is CCNC(Cc1cccc(F)c1Cl)c1ccc(Cl)c(F)c1. The Morgan fingerprint density at radius 1 is 1.10 bits per heavy atom. The summed E-state index contributed by atoms with van der Waals surface area (Å²) in [6, 6.07) is 9.19. The molecule has 1 N–H and O–H groups in total. The molecule has 0 heterocycles. The molecule has 0 aliphatic carbocycles. The number of nitrogens with one attached hydrogen (secondary N) is 1. The van der Waals surface area contributed by atoms with Gasteiger partial charge in [-0.1, -0.05) is 48.3 Å². The minimum Gasteiger partial charge on any atom is -0.310 e. The Labute approximate surface area is 132 Å². The second-order valence-corrected chi connectivity index (χ2v) is 5.49. The molecule has 0 aliphatic heterocycles. The molecule has 1 atom stereocenters. The van der Waals surface area contributed by atoms with Gasteiger partial charge in [0.25, 0.3) is 0 Å². The molecule has 0 saturated heterocycles. The fourth-order valence-corrected chi connectivity index (χ4v) is 2.53. The van der Waals surface area contributed by atoms with Gasteiger partial charge in [0.2, 0.25) is 0 Å². The van der Waals surface area contributed by atoms with Crippen LogP contribution in [0.2, 0.25) is 10.0 Å². The van der Waals surface area contributed by atoms with Crippen LogP contribution in [0.3, 0.4) is 0 Å². The van der Waals surface area contributed by atoms with Crippen LogP contribution in [0, 0.1) is 11.6 Å². The third-order valence-electron chi connectivity index (χ3n) is 3.25. The van der Waals surface area contributed by atoms with Gasteiger partial charge in [0.15, 0.2) is 0 Å². The highest BCUT2D eigenvalue weighted by molar-refractivity contribution is 6.31. The molecule has 0 fully saturated rings. The van der Waals surface area contributed by atoms with Crippen molar-refractivity contribution in [2.45, 2.75) is 19.4 Å². The van der Waals surface area contributed by atoms with Gasteiger partial charge >= 0.3 is 0 Å². The molecule has 0 aliphatic rings. The molecule has 0 amide bonds. The molecule has 21 heavy (non-hydrogen) atoms. The average Bonchev–Trinajstić information content (AvgIpc) is 2.46. The number of halogens is 4. The number of benzene rings is 2. The minimum atomic E-state index is -0.470. The van der Waals surface area contributed by atoms with E-state index in [1.54, 1.807) is 18.2 Å². The van der Waals surface area contributed by atoms with Crippen molar-refractivity contribution in [2.24, 2.45) is 0 Å². The van der Waals surface area contributed by atoms with Gasteiger partial charge in [0.1, 0.15) is 11.6 Å². The van der Waals surface area contributed by atoms with Crippen LogP contribution in [-0.4, -0.2) is 6.54 Å². The van der Waals surface area contributed by atoms with E-state index in [-0.39, 0.29) is 16.1 Å². The first-order valence-electron chi connectivity index (χ1n) is 6.64. The van der Waals surface area contributed by atoms with E-state index in [1.807, 2.05) is 6.92 Å². The molecule has 5 heteroatoms. The molecule has 2 rings (SSSR count). The highest BCUT2D eigenvalue weighted by Gasteiger charge is 2.16. The molecule has 0 bridgehead atoms. The Morgan fingerprint density at radius 2 is 1.86 bits per heavy atom. The maximum absolute atomic E-state index is 13.6. The zero-order chi connectivity index (χ0) is 15.4. The lowest BCUT2D eigenvalue weighted by molar-refractivity contribution is 0.540. The summed E-state index contributed by atoms with van der Waals surface area (Å²) in [6.45, 7) is 2.65. The van der Waals surface area contributed by atoms with Gasteiger partial charge in [0.05, 0.1) is 10.0 Å². The standard InChI is InChI=1S/C16H15Cl2F2N/c1-2-21-15(10-6-7-12(17)14(20)8-10)9-11-4-3-5-13(19)16(11)18/h3-8,15,21H,2,9H2,1H3. The summed E-state index contributed by atoms with van der Waals surface area (Å²) in [7, 11) is 0. The zero-order valence-electron chi connectivity index (χ0n) is 11.5. The van der Waals surface area contributed by atoms with Crippen molar-refractivity contribution in [3.8, 4) is 0 Å². The van der Waals surface area contributed by atoms with E-state index in [2.05, 4.69) is 5.32 Å². The number of hydrogen-bond acceptors (Lipinski definition) is 1. The second-order valence-electron chi connectivity index (χ2n) is 4.70. The maximum Gasteiger partial charge on any atom is 0.142 e.